The van der Waals surface area contributed by atoms with Gasteiger partial charge < -0.3 is 9.73 Å². The van der Waals surface area contributed by atoms with Gasteiger partial charge in [0.05, 0.1) is 10.9 Å². The zero-order valence-electron chi connectivity index (χ0n) is 17.4. The Morgan fingerprint density at radius 3 is 2.26 bits per heavy atom. The Morgan fingerprint density at radius 2 is 1.65 bits per heavy atom. The topological polar surface area (TPSA) is 79.6 Å². The average Bonchev–Trinajstić information content (AvgIpc) is 3.29. The van der Waals surface area contributed by atoms with E-state index in [1.54, 1.807) is 12.1 Å². The molecule has 31 heavy (non-hydrogen) atoms. The minimum absolute atomic E-state index is 0.00100. The van der Waals surface area contributed by atoms with Gasteiger partial charge in [0.2, 0.25) is 14.9 Å². The normalized spacial score (nSPS) is 12.6. The van der Waals surface area contributed by atoms with Gasteiger partial charge in [-0.3, -0.25) is 9.69 Å². The molecule has 1 N–H and O–H groups in total. The van der Waals surface area contributed by atoms with Gasteiger partial charge in [0.1, 0.15) is 0 Å². The summed E-state index contributed by atoms with van der Waals surface area (Å²) in [5.41, 5.74) is 1.10. The molecule has 2 aromatic carbocycles. The summed E-state index contributed by atoms with van der Waals surface area (Å²) < 4.78 is 31.7. The van der Waals surface area contributed by atoms with Gasteiger partial charge in [0, 0.05) is 11.0 Å². The van der Waals surface area contributed by atoms with Crippen molar-refractivity contribution in [3.8, 4) is 0 Å². The van der Waals surface area contributed by atoms with Crippen molar-refractivity contribution in [1.29, 1.82) is 0 Å². The number of carbonyl (C=O) groups is 1. The maximum absolute atomic E-state index is 12.8. The third-order valence-electron chi connectivity index (χ3n) is 5.09. The average molecular weight is 505 g/mol. The van der Waals surface area contributed by atoms with Gasteiger partial charge in [0.15, 0.2) is 5.76 Å². The number of carbonyl (C=O) groups excluding carboxylic acids is 1. The Labute approximate surface area is 191 Å². The molecule has 1 heterocycles. The fourth-order valence-corrected chi connectivity index (χ4v) is 4.83. The number of rotatable bonds is 9. The molecule has 0 spiro atoms. The van der Waals surface area contributed by atoms with Crippen LogP contribution in [-0.4, -0.2) is 38.9 Å². The van der Waals surface area contributed by atoms with Crippen molar-refractivity contribution in [3.63, 3.8) is 0 Å². The maximum atomic E-state index is 12.8. The first kappa shape index (κ1) is 23.2. The summed E-state index contributed by atoms with van der Waals surface area (Å²) in [4.78, 5) is 15.0. The number of amides is 1. The first-order valence-corrected chi connectivity index (χ1v) is 12.3. The van der Waals surface area contributed by atoms with Gasteiger partial charge in [0.25, 0.3) is 5.91 Å². The van der Waals surface area contributed by atoms with E-state index in [-0.39, 0.29) is 21.8 Å². The lowest BCUT2D eigenvalue weighted by Gasteiger charge is -2.30. The largest absolute Gasteiger partial charge is 0.439 e. The highest BCUT2D eigenvalue weighted by molar-refractivity contribution is 9.10. The van der Waals surface area contributed by atoms with Gasteiger partial charge in [-0.1, -0.05) is 60.1 Å². The monoisotopic (exact) mass is 504 g/mol. The van der Waals surface area contributed by atoms with E-state index in [0.717, 1.165) is 23.1 Å². The second-order valence-electron chi connectivity index (χ2n) is 6.93. The van der Waals surface area contributed by atoms with Crippen LogP contribution in [0.25, 0.3) is 0 Å². The van der Waals surface area contributed by atoms with E-state index in [0.29, 0.717) is 6.54 Å². The van der Waals surface area contributed by atoms with Gasteiger partial charge in [-0.25, -0.2) is 8.42 Å². The van der Waals surface area contributed by atoms with E-state index in [4.69, 9.17) is 4.42 Å². The van der Waals surface area contributed by atoms with Crippen LogP contribution in [0.5, 0.6) is 0 Å². The van der Waals surface area contributed by atoms with Crippen molar-refractivity contribution in [1.82, 2.24) is 10.2 Å². The van der Waals surface area contributed by atoms with Crippen LogP contribution in [-0.2, 0) is 9.84 Å². The third-order valence-corrected chi connectivity index (χ3v) is 7.26. The molecule has 0 fully saturated rings. The predicted molar refractivity (Wildman–Crippen MR) is 123 cm³/mol. The van der Waals surface area contributed by atoms with Crippen LogP contribution < -0.4 is 5.32 Å². The van der Waals surface area contributed by atoms with Crippen molar-refractivity contribution in [2.45, 2.75) is 29.9 Å². The van der Waals surface area contributed by atoms with Crippen LogP contribution in [0, 0.1) is 0 Å². The number of nitrogens with one attached hydrogen (secondary N) is 1. The minimum Gasteiger partial charge on any atom is -0.439 e. The Balaban J connectivity index is 1.75. The molecular weight excluding hydrogens is 480 g/mol. The highest BCUT2D eigenvalue weighted by atomic mass is 79.9. The summed E-state index contributed by atoms with van der Waals surface area (Å²) in [6.45, 7) is 6.20. The second kappa shape index (κ2) is 10.3. The van der Waals surface area contributed by atoms with Crippen LogP contribution in [0.2, 0.25) is 0 Å². The molecule has 1 amide bonds. The summed E-state index contributed by atoms with van der Waals surface area (Å²) in [6, 6.07) is 18.9. The molecule has 164 valence electrons. The van der Waals surface area contributed by atoms with Crippen molar-refractivity contribution in [2.24, 2.45) is 0 Å². The highest BCUT2D eigenvalue weighted by Crippen LogP contribution is 2.25. The van der Waals surface area contributed by atoms with E-state index in [1.807, 2.05) is 30.3 Å². The molecule has 6 nitrogen and oxygen atoms in total. The molecule has 0 radical (unpaired) electrons. The molecule has 3 rings (SSSR count). The van der Waals surface area contributed by atoms with Crippen molar-refractivity contribution < 1.29 is 17.6 Å². The molecule has 1 aromatic heterocycles. The van der Waals surface area contributed by atoms with Crippen LogP contribution in [0.15, 0.2) is 85.6 Å². The molecule has 0 bridgehead atoms. The van der Waals surface area contributed by atoms with Crippen LogP contribution in [0.1, 0.15) is 36.0 Å². The number of sulfone groups is 1. The Hall–Kier alpha value is -2.42. The quantitative estimate of drug-likeness (QED) is 0.457. The molecule has 1 unspecified atom stereocenters. The van der Waals surface area contributed by atoms with Crippen LogP contribution >= 0.6 is 15.9 Å². The molecule has 0 aliphatic heterocycles. The summed E-state index contributed by atoms with van der Waals surface area (Å²) in [6.07, 6.45) is 0. The van der Waals surface area contributed by atoms with E-state index in [9.17, 15) is 13.2 Å². The number of likely N-dealkylation sites (N-methyl/N-ethyl adjacent to an activating group) is 1. The zero-order chi connectivity index (χ0) is 22.4. The lowest BCUT2D eigenvalue weighted by Crippen LogP contribution is -2.38. The molecule has 0 aliphatic carbocycles. The number of hydrogen-bond acceptors (Lipinski definition) is 5. The fourth-order valence-electron chi connectivity index (χ4n) is 3.39. The first-order valence-electron chi connectivity index (χ1n) is 10.0. The van der Waals surface area contributed by atoms with Gasteiger partial charge in [-0.15, -0.1) is 0 Å². The van der Waals surface area contributed by atoms with Gasteiger partial charge in [-0.05, 0) is 55.1 Å². The Morgan fingerprint density at radius 1 is 1.00 bits per heavy atom. The molecule has 0 saturated carbocycles. The maximum Gasteiger partial charge on any atom is 0.287 e. The highest BCUT2D eigenvalue weighted by Gasteiger charge is 2.24. The standard InChI is InChI=1S/C23H25BrN2O4S/c1-3-26(4-2)20(17-8-6-5-7-9-17)16-25-23(27)21-14-15-22(30-21)31(28,29)19-12-10-18(24)11-13-19/h5-15,20H,3-4,16H2,1-2H3,(H,25,27). The SMILES string of the molecule is CCN(CC)C(CNC(=O)c1ccc(S(=O)(=O)c2ccc(Br)cc2)o1)c1ccccc1. The number of nitrogens with zero attached hydrogens (tertiary/aromatic N) is 1. The summed E-state index contributed by atoms with van der Waals surface area (Å²) in [7, 11) is -3.84. The summed E-state index contributed by atoms with van der Waals surface area (Å²) in [5.74, 6) is -0.493. The van der Waals surface area contributed by atoms with Crippen molar-refractivity contribution in [3.05, 3.63) is 82.5 Å². The lowest BCUT2D eigenvalue weighted by atomic mass is 10.1. The van der Waals surface area contributed by atoms with Crippen LogP contribution in [0.3, 0.4) is 0 Å². The third kappa shape index (κ3) is 5.44. The first-order chi connectivity index (χ1) is 14.9. The number of hydrogen-bond donors (Lipinski definition) is 1. The lowest BCUT2D eigenvalue weighted by molar-refractivity contribution is 0.0902. The Bertz CT molecular complexity index is 1110. The smallest absolute Gasteiger partial charge is 0.287 e. The number of furan rings is 1. The van der Waals surface area contributed by atoms with E-state index < -0.39 is 15.7 Å². The fraction of sp³-hybridized carbons (Fsp3) is 0.261. The summed E-state index contributed by atoms with van der Waals surface area (Å²) in [5, 5.41) is 2.62. The zero-order valence-corrected chi connectivity index (χ0v) is 19.8. The number of benzene rings is 2. The molecule has 1 atom stereocenters. The Kier molecular flexibility index (Phi) is 7.69. The predicted octanol–water partition coefficient (Wildman–Crippen LogP) is 4.69. The molecule has 3 aromatic rings. The molecule has 0 aliphatic rings. The molecule has 0 saturated heterocycles. The minimum atomic E-state index is -3.84. The van der Waals surface area contributed by atoms with E-state index >= 15 is 0 Å². The van der Waals surface area contributed by atoms with E-state index in [1.165, 1.54) is 24.3 Å². The summed E-state index contributed by atoms with van der Waals surface area (Å²) >= 11 is 3.28. The van der Waals surface area contributed by atoms with Gasteiger partial charge >= 0.3 is 0 Å². The second-order valence-corrected chi connectivity index (χ2v) is 9.73. The van der Waals surface area contributed by atoms with Gasteiger partial charge in [-0.2, -0.15) is 0 Å². The van der Waals surface area contributed by atoms with E-state index in [2.05, 4.69) is 40.0 Å². The van der Waals surface area contributed by atoms with Crippen molar-refractivity contribution >= 4 is 31.7 Å². The van der Waals surface area contributed by atoms with Crippen LogP contribution in [0.4, 0.5) is 0 Å². The molecular formula is C23H25BrN2O4S. The number of halogens is 1. The molecule has 8 heteroatoms. The van der Waals surface area contributed by atoms with Crippen molar-refractivity contribution in [2.75, 3.05) is 19.6 Å².